The molecule has 1 aromatic rings. The van der Waals surface area contributed by atoms with Gasteiger partial charge in [0.1, 0.15) is 5.70 Å². The number of nitroso groups, excluding NO2 is 1. The van der Waals surface area contributed by atoms with Crippen molar-refractivity contribution >= 4 is 37.9 Å². The first-order valence-corrected chi connectivity index (χ1v) is 5.96. The van der Waals surface area contributed by atoms with Gasteiger partial charge in [-0.1, -0.05) is 29.8 Å². The Hall–Kier alpha value is -1.66. The van der Waals surface area contributed by atoms with Crippen LogP contribution in [0.5, 0.6) is 0 Å². The summed E-state index contributed by atoms with van der Waals surface area (Å²) in [5.74, 6) is -1.25. The van der Waals surface area contributed by atoms with E-state index in [0.29, 0.717) is 15.1 Å². The number of halogens is 2. The van der Waals surface area contributed by atoms with Crippen LogP contribution < -0.4 is 5.32 Å². The van der Waals surface area contributed by atoms with Crippen molar-refractivity contribution in [3.05, 3.63) is 56.9 Å². The molecule has 1 heterocycles. The molecule has 7 heteroatoms. The van der Waals surface area contributed by atoms with Crippen molar-refractivity contribution in [3.8, 4) is 0 Å². The molecule has 0 bridgehead atoms. The smallest absolute Gasteiger partial charge is 0.282 e. The zero-order valence-corrected chi connectivity index (χ0v) is 11.1. The van der Waals surface area contributed by atoms with Gasteiger partial charge >= 0.3 is 0 Å². The van der Waals surface area contributed by atoms with Gasteiger partial charge in [0.05, 0.1) is 4.48 Å². The SMILES string of the molecule is O=NC1=C(O)/C(=C(/Br)c2ccccc2Cl)NC1=O. The van der Waals surface area contributed by atoms with E-state index in [0.717, 1.165) is 0 Å². The molecule has 0 radical (unpaired) electrons. The Morgan fingerprint density at radius 2 is 2.06 bits per heavy atom. The first-order chi connectivity index (χ1) is 8.56. The Morgan fingerprint density at radius 1 is 1.39 bits per heavy atom. The van der Waals surface area contributed by atoms with Gasteiger partial charge in [-0.05, 0) is 27.2 Å². The van der Waals surface area contributed by atoms with Crippen LogP contribution in [0, 0.1) is 4.91 Å². The van der Waals surface area contributed by atoms with Crippen LogP contribution in [-0.2, 0) is 4.79 Å². The molecule has 1 aliphatic heterocycles. The number of hydrogen-bond acceptors (Lipinski definition) is 4. The number of nitrogens with one attached hydrogen (secondary N) is 1. The van der Waals surface area contributed by atoms with Crippen molar-refractivity contribution in [1.29, 1.82) is 0 Å². The number of benzene rings is 1. The van der Waals surface area contributed by atoms with Gasteiger partial charge in [-0.15, -0.1) is 4.91 Å². The highest BCUT2D eigenvalue weighted by Crippen LogP contribution is 2.34. The summed E-state index contributed by atoms with van der Waals surface area (Å²) in [6.07, 6.45) is 0. The van der Waals surface area contributed by atoms with Gasteiger partial charge < -0.3 is 10.4 Å². The lowest BCUT2D eigenvalue weighted by molar-refractivity contribution is -0.116. The van der Waals surface area contributed by atoms with Crippen LogP contribution in [0.4, 0.5) is 0 Å². The number of carbonyl (C=O) groups excluding carboxylic acids is 1. The minimum atomic E-state index is -0.749. The highest BCUT2D eigenvalue weighted by Gasteiger charge is 2.30. The maximum absolute atomic E-state index is 11.3. The Balaban J connectivity index is 2.58. The molecule has 92 valence electrons. The van der Waals surface area contributed by atoms with Crippen LogP contribution in [0.25, 0.3) is 4.48 Å². The summed E-state index contributed by atoms with van der Waals surface area (Å²) in [7, 11) is 0. The van der Waals surface area contributed by atoms with Crippen LogP contribution in [0.3, 0.4) is 0 Å². The number of carbonyl (C=O) groups is 1. The molecule has 0 fully saturated rings. The van der Waals surface area contributed by atoms with Crippen LogP contribution in [-0.4, -0.2) is 11.0 Å². The summed E-state index contributed by atoms with van der Waals surface area (Å²) >= 11 is 9.22. The number of nitrogens with zero attached hydrogens (tertiary/aromatic N) is 1. The maximum Gasteiger partial charge on any atom is 0.282 e. The molecule has 0 aliphatic carbocycles. The zero-order chi connectivity index (χ0) is 13.3. The molecular formula is C11H6BrClN2O3. The van der Waals surface area contributed by atoms with E-state index in [9.17, 15) is 14.8 Å². The van der Waals surface area contributed by atoms with E-state index in [1.807, 2.05) is 0 Å². The van der Waals surface area contributed by atoms with Crippen molar-refractivity contribution in [1.82, 2.24) is 5.32 Å². The summed E-state index contributed by atoms with van der Waals surface area (Å²) in [4.78, 5) is 21.7. The minimum Gasteiger partial charge on any atom is -0.504 e. The van der Waals surface area contributed by atoms with Crippen LogP contribution in [0.2, 0.25) is 5.02 Å². The van der Waals surface area contributed by atoms with E-state index in [4.69, 9.17) is 11.6 Å². The van der Waals surface area contributed by atoms with E-state index in [1.165, 1.54) is 0 Å². The Labute approximate surface area is 115 Å². The fourth-order valence-corrected chi connectivity index (χ4v) is 2.45. The van der Waals surface area contributed by atoms with Crippen molar-refractivity contribution in [2.45, 2.75) is 0 Å². The molecule has 0 unspecified atom stereocenters. The second-order valence-electron chi connectivity index (χ2n) is 3.41. The van der Waals surface area contributed by atoms with Crippen LogP contribution >= 0.6 is 27.5 Å². The summed E-state index contributed by atoms with van der Waals surface area (Å²) in [5, 5.41) is 15.0. The first-order valence-electron chi connectivity index (χ1n) is 4.79. The number of amides is 1. The fourth-order valence-electron chi connectivity index (χ4n) is 1.48. The molecule has 0 aromatic heterocycles. The van der Waals surface area contributed by atoms with Gasteiger partial charge in [0.2, 0.25) is 5.70 Å². The van der Waals surface area contributed by atoms with Crippen LogP contribution in [0.15, 0.2) is 46.6 Å². The third-order valence-electron chi connectivity index (χ3n) is 2.34. The standard InChI is InChI=1S/C11H6BrClN2O3/c12-7(5-3-1-2-4-6(5)13)8-10(16)9(15-18)11(17)14-8/h1-4,16H,(H,14,17)/b8-7-. The van der Waals surface area contributed by atoms with Gasteiger partial charge in [0.25, 0.3) is 5.91 Å². The van der Waals surface area contributed by atoms with Gasteiger partial charge in [-0.2, -0.15) is 0 Å². The average Bonchev–Trinajstić information content (AvgIpc) is 2.64. The molecular weight excluding hydrogens is 323 g/mol. The molecule has 0 atom stereocenters. The van der Waals surface area contributed by atoms with Crippen molar-refractivity contribution in [3.63, 3.8) is 0 Å². The monoisotopic (exact) mass is 328 g/mol. The number of aliphatic hydroxyl groups is 1. The first kappa shape index (κ1) is 12.8. The molecule has 18 heavy (non-hydrogen) atoms. The predicted molar refractivity (Wildman–Crippen MR) is 70.9 cm³/mol. The molecule has 0 spiro atoms. The Bertz CT molecular complexity index is 610. The number of hydrogen-bond donors (Lipinski definition) is 2. The second-order valence-corrected chi connectivity index (χ2v) is 4.61. The fraction of sp³-hybridized carbons (Fsp3) is 0. The van der Waals surface area contributed by atoms with E-state index < -0.39 is 17.4 Å². The molecule has 1 amide bonds. The van der Waals surface area contributed by atoms with E-state index in [1.54, 1.807) is 24.3 Å². The lowest BCUT2D eigenvalue weighted by Crippen LogP contribution is -2.16. The molecule has 0 saturated carbocycles. The van der Waals surface area contributed by atoms with Crippen molar-refractivity contribution < 1.29 is 9.90 Å². The number of rotatable bonds is 2. The topological polar surface area (TPSA) is 78.8 Å². The van der Waals surface area contributed by atoms with Gasteiger partial charge in [0.15, 0.2) is 5.76 Å². The van der Waals surface area contributed by atoms with E-state index in [-0.39, 0.29) is 5.70 Å². The summed E-state index contributed by atoms with van der Waals surface area (Å²) in [6.45, 7) is 0. The van der Waals surface area contributed by atoms with E-state index in [2.05, 4.69) is 26.4 Å². The molecule has 0 saturated heterocycles. The summed E-state index contributed by atoms with van der Waals surface area (Å²) in [6, 6.07) is 6.86. The highest BCUT2D eigenvalue weighted by atomic mass is 79.9. The van der Waals surface area contributed by atoms with Gasteiger partial charge in [0, 0.05) is 10.6 Å². The molecule has 1 aromatic carbocycles. The Kier molecular flexibility index (Phi) is 3.49. The third kappa shape index (κ3) is 2.04. The van der Waals surface area contributed by atoms with Gasteiger partial charge in [-0.3, -0.25) is 4.79 Å². The number of aliphatic hydroxyl groups excluding tert-OH is 1. The lowest BCUT2D eigenvalue weighted by Gasteiger charge is -2.07. The summed E-state index contributed by atoms with van der Waals surface area (Å²) < 4.78 is 0.373. The summed E-state index contributed by atoms with van der Waals surface area (Å²) in [5.41, 5.74) is 0.102. The minimum absolute atomic E-state index is 0.0719. The van der Waals surface area contributed by atoms with E-state index >= 15 is 0 Å². The van der Waals surface area contributed by atoms with Crippen molar-refractivity contribution in [2.75, 3.05) is 0 Å². The van der Waals surface area contributed by atoms with Crippen LogP contribution in [0.1, 0.15) is 5.56 Å². The zero-order valence-electron chi connectivity index (χ0n) is 8.78. The normalized spacial score (nSPS) is 17.8. The maximum atomic E-state index is 11.3. The third-order valence-corrected chi connectivity index (χ3v) is 3.49. The Morgan fingerprint density at radius 3 is 2.61 bits per heavy atom. The average molecular weight is 330 g/mol. The quantitative estimate of drug-likeness (QED) is 0.818. The largest absolute Gasteiger partial charge is 0.504 e. The highest BCUT2D eigenvalue weighted by molar-refractivity contribution is 9.15. The lowest BCUT2D eigenvalue weighted by atomic mass is 10.2. The molecule has 1 aliphatic rings. The second kappa shape index (κ2) is 4.91. The molecule has 2 N–H and O–H groups in total. The molecule has 2 rings (SSSR count). The molecule has 5 nitrogen and oxygen atoms in total. The van der Waals surface area contributed by atoms with Gasteiger partial charge in [-0.25, -0.2) is 0 Å². The van der Waals surface area contributed by atoms with Crippen molar-refractivity contribution in [2.24, 2.45) is 5.18 Å². The predicted octanol–water partition coefficient (Wildman–Crippen LogP) is 3.07.